The lowest BCUT2D eigenvalue weighted by molar-refractivity contribution is -0.132. The molecule has 0 aromatic heterocycles. The van der Waals surface area contributed by atoms with Gasteiger partial charge in [0, 0.05) is 11.4 Å². The van der Waals surface area contributed by atoms with Gasteiger partial charge in [0.05, 0.1) is 11.4 Å². The number of imide groups is 1. The number of hydrogen-bond donors (Lipinski definition) is 3. The summed E-state index contributed by atoms with van der Waals surface area (Å²) >= 11 is 0. The van der Waals surface area contributed by atoms with Crippen LogP contribution in [0.4, 0.5) is 11.4 Å². The minimum Gasteiger partial charge on any atom is -0.399 e. The highest BCUT2D eigenvalue weighted by Crippen LogP contribution is 2.25. The van der Waals surface area contributed by atoms with E-state index in [2.05, 4.69) is 5.32 Å². The lowest BCUT2D eigenvalue weighted by Gasteiger charge is -2.33. The van der Waals surface area contributed by atoms with Crippen molar-refractivity contribution >= 4 is 33.2 Å². The predicted molar refractivity (Wildman–Crippen MR) is 72.2 cm³/mol. The van der Waals surface area contributed by atoms with E-state index < -0.39 is 27.9 Å². The number of hydrogen-bond acceptors (Lipinski definition) is 6. The molecular weight excluding hydrogens is 284 g/mol. The van der Waals surface area contributed by atoms with Crippen LogP contribution in [-0.4, -0.2) is 32.8 Å². The smallest absolute Gasteiger partial charge is 0.249 e. The van der Waals surface area contributed by atoms with Crippen LogP contribution in [-0.2, 0) is 19.6 Å². The van der Waals surface area contributed by atoms with Crippen LogP contribution in [0.1, 0.15) is 6.92 Å². The lowest BCUT2D eigenvalue weighted by Crippen LogP contribution is -2.57. The number of carbonyl (C=O) groups is 2. The fraction of sp³-hybridized carbons (Fsp3) is 0.273. The topological polar surface area (TPSA) is 136 Å². The van der Waals surface area contributed by atoms with Gasteiger partial charge in [0.25, 0.3) is 0 Å². The van der Waals surface area contributed by atoms with E-state index in [9.17, 15) is 18.0 Å². The highest BCUT2D eigenvalue weighted by atomic mass is 32.2. The standard InChI is InChI=1S/C11H14N4O4S/c1-6-11(17)14-10(16)5-15(6)8-2-7(12)3-9(4-8)20(13,18)19/h2-4,6H,5,12H2,1H3,(H2,13,18,19)(H,14,16,17). The Morgan fingerprint density at radius 3 is 2.55 bits per heavy atom. The van der Waals surface area contributed by atoms with Gasteiger partial charge in [-0.3, -0.25) is 14.9 Å². The molecule has 1 fully saturated rings. The normalized spacial score (nSPS) is 19.9. The van der Waals surface area contributed by atoms with Gasteiger partial charge in [-0.1, -0.05) is 0 Å². The van der Waals surface area contributed by atoms with E-state index in [-0.39, 0.29) is 17.1 Å². The van der Waals surface area contributed by atoms with E-state index in [1.807, 2.05) is 0 Å². The first kappa shape index (κ1) is 14.3. The summed E-state index contributed by atoms with van der Waals surface area (Å²) in [5.74, 6) is -0.923. The second kappa shape index (κ2) is 4.76. The van der Waals surface area contributed by atoms with Gasteiger partial charge < -0.3 is 10.6 Å². The Labute approximate surface area is 115 Å². The Hall–Kier alpha value is -2.13. The molecular formula is C11H14N4O4S. The number of nitrogens with two attached hydrogens (primary N) is 2. The van der Waals surface area contributed by atoms with Gasteiger partial charge in [0.15, 0.2) is 0 Å². The van der Waals surface area contributed by atoms with Gasteiger partial charge in [0.2, 0.25) is 21.8 Å². The van der Waals surface area contributed by atoms with Crippen LogP contribution in [0, 0.1) is 0 Å². The number of nitrogen functional groups attached to an aromatic ring is 1. The lowest BCUT2D eigenvalue weighted by atomic mass is 10.1. The van der Waals surface area contributed by atoms with Crippen LogP contribution in [0.25, 0.3) is 0 Å². The van der Waals surface area contributed by atoms with Crippen LogP contribution in [0.2, 0.25) is 0 Å². The minimum atomic E-state index is -3.92. The van der Waals surface area contributed by atoms with Gasteiger partial charge in [0.1, 0.15) is 6.04 Å². The number of anilines is 2. The molecule has 1 heterocycles. The third-order valence-electron chi connectivity index (χ3n) is 3.00. The number of nitrogens with one attached hydrogen (secondary N) is 1. The third kappa shape index (κ3) is 2.73. The van der Waals surface area contributed by atoms with E-state index in [4.69, 9.17) is 10.9 Å². The van der Waals surface area contributed by atoms with Crippen LogP contribution >= 0.6 is 0 Å². The molecule has 0 spiro atoms. The molecule has 9 heteroatoms. The molecule has 1 aliphatic rings. The van der Waals surface area contributed by atoms with Crippen LogP contribution in [0.15, 0.2) is 23.1 Å². The Morgan fingerprint density at radius 2 is 1.95 bits per heavy atom. The van der Waals surface area contributed by atoms with Gasteiger partial charge in [-0.15, -0.1) is 0 Å². The van der Waals surface area contributed by atoms with E-state index in [0.717, 1.165) is 0 Å². The van der Waals surface area contributed by atoms with Crippen LogP contribution in [0.3, 0.4) is 0 Å². The Bertz CT molecular complexity index is 686. The highest BCUT2D eigenvalue weighted by molar-refractivity contribution is 7.89. The maximum Gasteiger partial charge on any atom is 0.249 e. The van der Waals surface area contributed by atoms with Crippen molar-refractivity contribution < 1.29 is 18.0 Å². The fourth-order valence-electron chi connectivity index (χ4n) is 1.97. The largest absolute Gasteiger partial charge is 0.399 e. The molecule has 108 valence electrons. The first-order valence-electron chi connectivity index (χ1n) is 5.72. The molecule has 20 heavy (non-hydrogen) atoms. The molecule has 1 saturated heterocycles. The summed E-state index contributed by atoms with van der Waals surface area (Å²) in [7, 11) is -3.92. The first-order valence-corrected chi connectivity index (χ1v) is 7.27. The van der Waals surface area contributed by atoms with Crippen molar-refractivity contribution in [1.29, 1.82) is 0 Å². The Balaban J connectivity index is 2.49. The van der Waals surface area contributed by atoms with Crippen molar-refractivity contribution in [2.75, 3.05) is 17.2 Å². The zero-order valence-electron chi connectivity index (χ0n) is 10.7. The summed E-state index contributed by atoms with van der Waals surface area (Å²) in [6, 6.07) is 3.36. The monoisotopic (exact) mass is 298 g/mol. The molecule has 5 N–H and O–H groups in total. The first-order chi connectivity index (χ1) is 9.18. The summed E-state index contributed by atoms with van der Waals surface area (Å²) in [4.78, 5) is 24.3. The number of piperazine rings is 1. The zero-order valence-corrected chi connectivity index (χ0v) is 11.5. The van der Waals surface area contributed by atoms with E-state index >= 15 is 0 Å². The molecule has 2 rings (SSSR count). The van der Waals surface area contributed by atoms with Crippen molar-refractivity contribution in [1.82, 2.24) is 5.32 Å². The molecule has 1 aromatic rings. The molecule has 0 aliphatic carbocycles. The van der Waals surface area contributed by atoms with Crippen molar-refractivity contribution in [2.45, 2.75) is 17.9 Å². The molecule has 0 radical (unpaired) electrons. The summed E-state index contributed by atoms with van der Waals surface area (Å²) in [5.41, 5.74) is 6.17. The van der Waals surface area contributed by atoms with Crippen molar-refractivity contribution in [2.24, 2.45) is 5.14 Å². The van der Waals surface area contributed by atoms with Crippen molar-refractivity contribution in [3.8, 4) is 0 Å². The molecule has 1 atom stereocenters. The number of carbonyl (C=O) groups excluding carboxylic acids is 2. The SMILES string of the molecule is CC1C(=O)NC(=O)CN1c1cc(N)cc(S(N)(=O)=O)c1. The van der Waals surface area contributed by atoms with E-state index in [1.165, 1.54) is 23.1 Å². The quantitative estimate of drug-likeness (QED) is 0.462. The molecule has 2 amide bonds. The number of primary sulfonamides is 1. The number of sulfonamides is 1. The second-order valence-corrected chi connectivity index (χ2v) is 6.08. The average Bonchev–Trinajstić information content (AvgIpc) is 2.32. The van der Waals surface area contributed by atoms with Gasteiger partial charge in [-0.05, 0) is 25.1 Å². The highest BCUT2D eigenvalue weighted by Gasteiger charge is 2.31. The van der Waals surface area contributed by atoms with Crippen LogP contribution < -0.4 is 21.1 Å². The van der Waals surface area contributed by atoms with Gasteiger partial charge >= 0.3 is 0 Å². The van der Waals surface area contributed by atoms with Crippen LogP contribution in [0.5, 0.6) is 0 Å². The summed E-state index contributed by atoms with van der Waals surface area (Å²) in [6.07, 6.45) is 0. The van der Waals surface area contributed by atoms with Gasteiger partial charge in [-0.2, -0.15) is 0 Å². The second-order valence-electron chi connectivity index (χ2n) is 4.52. The van der Waals surface area contributed by atoms with Crippen molar-refractivity contribution in [3.63, 3.8) is 0 Å². The molecule has 1 unspecified atom stereocenters. The molecule has 8 nitrogen and oxygen atoms in total. The average molecular weight is 298 g/mol. The molecule has 0 bridgehead atoms. The fourth-order valence-corrected chi connectivity index (χ4v) is 2.55. The zero-order chi connectivity index (χ0) is 15.1. The van der Waals surface area contributed by atoms with E-state index in [0.29, 0.717) is 5.69 Å². The molecule has 0 saturated carbocycles. The Morgan fingerprint density at radius 1 is 1.30 bits per heavy atom. The van der Waals surface area contributed by atoms with Gasteiger partial charge in [-0.25, -0.2) is 13.6 Å². The maximum atomic E-state index is 11.6. The third-order valence-corrected chi connectivity index (χ3v) is 3.89. The Kier molecular flexibility index (Phi) is 3.40. The summed E-state index contributed by atoms with van der Waals surface area (Å²) in [6.45, 7) is 1.53. The van der Waals surface area contributed by atoms with E-state index in [1.54, 1.807) is 6.92 Å². The number of rotatable bonds is 2. The van der Waals surface area contributed by atoms with Crippen molar-refractivity contribution in [3.05, 3.63) is 18.2 Å². The number of benzene rings is 1. The molecule has 1 aromatic carbocycles. The predicted octanol–water partition coefficient (Wildman–Crippen LogP) is -1.23. The summed E-state index contributed by atoms with van der Waals surface area (Å²) < 4.78 is 22.8. The summed E-state index contributed by atoms with van der Waals surface area (Å²) in [5, 5.41) is 7.26. The molecule has 1 aliphatic heterocycles. The maximum absolute atomic E-state index is 11.6. The minimum absolute atomic E-state index is 0.0690. The number of amides is 2. The number of nitrogens with zero attached hydrogens (tertiary/aromatic N) is 1.